The number of amides is 4. The van der Waals surface area contributed by atoms with Crippen LogP contribution < -0.4 is 27.4 Å². The lowest BCUT2D eigenvalue weighted by Crippen LogP contribution is -2.59. The van der Waals surface area contributed by atoms with E-state index in [2.05, 4.69) is 33.6 Å². The number of aromatic amines is 1. The quantitative estimate of drug-likeness (QED) is 0.124. The number of carbonyl (C=O) groups is 5. The van der Waals surface area contributed by atoms with Gasteiger partial charge < -0.3 is 42.6 Å². The van der Waals surface area contributed by atoms with Gasteiger partial charge in [-0.2, -0.15) is 12.6 Å². The van der Waals surface area contributed by atoms with Crippen LogP contribution >= 0.6 is 12.6 Å². The first-order valence-corrected chi connectivity index (χ1v) is 12.1. The third kappa shape index (κ3) is 8.48. The number of fused-ring (bicyclic) bond motifs is 1. The molecule has 1 heterocycles. The molecule has 0 aliphatic rings. The minimum atomic E-state index is -1.60. The van der Waals surface area contributed by atoms with Gasteiger partial charge in [0.1, 0.15) is 12.1 Å². The van der Waals surface area contributed by atoms with E-state index >= 15 is 0 Å². The summed E-state index contributed by atoms with van der Waals surface area (Å²) in [7, 11) is 0. The number of para-hydroxylation sites is 1. The highest BCUT2D eigenvalue weighted by atomic mass is 32.1. The monoisotopic (exact) mass is 536 g/mol. The van der Waals surface area contributed by atoms with Crippen molar-refractivity contribution in [3.63, 3.8) is 0 Å². The molecule has 5 atom stereocenters. The maximum Gasteiger partial charge on any atom is 0.328 e. The summed E-state index contributed by atoms with van der Waals surface area (Å²) in [5, 5.41) is 26.8. The molecule has 1 aromatic carbocycles. The number of hydrogen-bond acceptors (Lipinski definition) is 8. The van der Waals surface area contributed by atoms with Crippen LogP contribution in [0.1, 0.15) is 25.3 Å². The van der Waals surface area contributed by atoms with Gasteiger partial charge in [-0.3, -0.25) is 19.2 Å². The Morgan fingerprint density at radius 1 is 1.03 bits per heavy atom. The van der Waals surface area contributed by atoms with Crippen LogP contribution in [0.25, 0.3) is 10.9 Å². The normalized spacial score (nSPS) is 15.1. The molecule has 0 aliphatic carbocycles. The zero-order chi connectivity index (χ0) is 27.7. The summed E-state index contributed by atoms with van der Waals surface area (Å²) in [5.74, 6) is -4.62. The zero-order valence-corrected chi connectivity index (χ0v) is 21.0. The van der Waals surface area contributed by atoms with Crippen molar-refractivity contribution in [2.24, 2.45) is 11.5 Å². The standard InChI is InChI=1S/C23H32N6O7S/c1-11(30)19(23(35)36)29-22(34)17(10-37)28-21(33)16(27-20(32)14(24)6-7-18(25)31)8-12-9-26-15-5-3-2-4-13(12)15/h2-5,9,11,14,16-17,19,26,30,37H,6-8,10,24H2,1H3,(H2,25,31)(H,27,32)(H,28,33)(H,29,34)(H,35,36). The van der Waals surface area contributed by atoms with Gasteiger partial charge in [-0.1, -0.05) is 18.2 Å². The average molecular weight is 537 g/mol. The number of benzene rings is 1. The van der Waals surface area contributed by atoms with Crippen molar-refractivity contribution in [1.29, 1.82) is 0 Å². The molecule has 0 saturated carbocycles. The van der Waals surface area contributed by atoms with Gasteiger partial charge in [0.15, 0.2) is 6.04 Å². The van der Waals surface area contributed by atoms with E-state index in [0.717, 1.165) is 10.9 Å². The number of rotatable bonds is 14. The number of carboxylic acid groups (broad SMARTS) is 1. The van der Waals surface area contributed by atoms with Crippen LogP contribution in [0, 0.1) is 0 Å². The number of thiol groups is 1. The zero-order valence-electron chi connectivity index (χ0n) is 20.1. The molecule has 2 aromatic rings. The number of carboxylic acids is 1. The summed E-state index contributed by atoms with van der Waals surface area (Å²) >= 11 is 4.07. The number of aliphatic carboxylic acids is 1. The number of aromatic nitrogens is 1. The molecule has 10 N–H and O–H groups in total. The molecule has 2 rings (SSSR count). The number of nitrogens with one attached hydrogen (secondary N) is 4. The summed E-state index contributed by atoms with van der Waals surface area (Å²) in [6.07, 6.45) is 0.168. The molecule has 0 radical (unpaired) electrons. The number of aliphatic hydroxyl groups is 1. The predicted octanol–water partition coefficient (Wildman–Crippen LogP) is -1.85. The lowest BCUT2D eigenvalue weighted by atomic mass is 10.0. The molecule has 14 heteroatoms. The highest BCUT2D eigenvalue weighted by Gasteiger charge is 2.31. The van der Waals surface area contributed by atoms with Gasteiger partial charge in [0.25, 0.3) is 0 Å². The largest absolute Gasteiger partial charge is 0.480 e. The third-order valence-corrected chi connectivity index (χ3v) is 6.00. The summed E-state index contributed by atoms with van der Waals surface area (Å²) in [6.45, 7) is 1.20. The van der Waals surface area contributed by atoms with Gasteiger partial charge in [0.05, 0.1) is 12.1 Å². The van der Waals surface area contributed by atoms with Crippen LogP contribution in [0.5, 0.6) is 0 Å². The summed E-state index contributed by atoms with van der Waals surface area (Å²) in [4.78, 5) is 64.0. The summed E-state index contributed by atoms with van der Waals surface area (Å²) in [6, 6.07) is 2.15. The fraction of sp³-hybridized carbons (Fsp3) is 0.435. The molecular formula is C23H32N6O7S. The van der Waals surface area contributed by atoms with Crippen molar-refractivity contribution >= 4 is 53.1 Å². The first-order valence-electron chi connectivity index (χ1n) is 11.5. The van der Waals surface area contributed by atoms with Crippen molar-refractivity contribution in [1.82, 2.24) is 20.9 Å². The van der Waals surface area contributed by atoms with Crippen LogP contribution in [-0.2, 0) is 30.4 Å². The molecule has 0 bridgehead atoms. The van der Waals surface area contributed by atoms with Crippen LogP contribution in [0.2, 0.25) is 0 Å². The van der Waals surface area contributed by atoms with E-state index < -0.39 is 59.9 Å². The second-order valence-corrected chi connectivity index (χ2v) is 8.91. The van der Waals surface area contributed by atoms with E-state index in [1.165, 1.54) is 6.92 Å². The van der Waals surface area contributed by atoms with Crippen molar-refractivity contribution in [3.8, 4) is 0 Å². The molecule has 202 valence electrons. The van der Waals surface area contributed by atoms with E-state index in [-0.39, 0.29) is 25.0 Å². The number of nitrogens with two attached hydrogens (primary N) is 2. The average Bonchev–Trinajstić information content (AvgIpc) is 3.25. The molecule has 13 nitrogen and oxygen atoms in total. The fourth-order valence-corrected chi connectivity index (χ4v) is 3.80. The maximum atomic E-state index is 13.2. The number of primary amides is 1. The third-order valence-electron chi connectivity index (χ3n) is 5.63. The van der Waals surface area contributed by atoms with E-state index in [1.807, 2.05) is 24.3 Å². The van der Waals surface area contributed by atoms with Gasteiger partial charge >= 0.3 is 5.97 Å². The Morgan fingerprint density at radius 3 is 2.24 bits per heavy atom. The molecule has 5 unspecified atom stereocenters. The number of carbonyl (C=O) groups excluding carboxylic acids is 4. The Kier molecular flexibility index (Phi) is 10.9. The fourth-order valence-electron chi connectivity index (χ4n) is 3.55. The lowest BCUT2D eigenvalue weighted by Gasteiger charge is -2.25. The van der Waals surface area contributed by atoms with Gasteiger partial charge in [0, 0.05) is 35.7 Å². The molecule has 0 aliphatic heterocycles. The van der Waals surface area contributed by atoms with Crippen molar-refractivity contribution < 1.29 is 34.2 Å². The van der Waals surface area contributed by atoms with Gasteiger partial charge in [0.2, 0.25) is 23.6 Å². The molecular weight excluding hydrogens is 504 g/mol. The molecule has 4 amide bonds. The first kappa shape index (κ1) is 29.6. The minimum absolute atomic E-state index is 0.0243. The first-order chi connectivity index (χ1) is 17.4. The van der Waals surface area contributed by atoms with E-state index in [1.54, 1.807) is 6.20 Å². The smallest absolute Gasteiger partial charge is 0.328 e. The Hall–Kier alpha value is -3.62. The molecule has 1 aromatic heterocycles. The molecule has 0 spiro atoms. The van der Waals surface area contributed by atoms with Crippen LogP contribution in [0.15, 0.2) is 30.5 Å². The summed E-state index contributed by atoms with van der Waals surface area (Å²) in [5.41, 5.74) is 12.5. The van der Waals surface area contributed by atoms with Crippen molar-refractivity contribution in [3.05, 3.63) is 36.0 Å². The molecule has 0 saturated heterocycles. The van der Waals surface area contributed by atoms with Crippen LogP contribution in [0.4, 0.5) is 0 Å². The van der Waals surface area contributed by atoms with Gasteiger partial charge in [-0.05, 0) is 25.0 Å². The second-order valence-electron chi connectivity index (χ2n) is 8.55. The van der Waals surface area contributed by atoms with Gasteiger partial charge in [-0.25, -0.2) is 4.79 Å². The highest BCUT2D eigenvalue weighted by molar-refractivity contribution is 7.80. The Bertz CT molecular complexity index is 1140. The molecule has 0 fully saturated rings. The maximum absolute atomic E-state index is 13.2. The SMILES string of the molecule is CC(O)C(NC(=O)C(CS)NC(=O)C(Cc1c[nH]c2ccccc12)NC(=O)C(N)CCC(N)=O)C(=O)O. The van der Waals surface area contributed by atoms with E-state index in [0.29, 0.717) is 5.56 Å². The Morgan fingerprint density at radius 2 is 1.65 bits per heavy atom. The summed E-state index contributed by atoms with van der Waals surface area (Å²) < 4.78 is 0. The van der Waals surface area contributed by atoms with Crippen molar-refractivity contribution in [2.75, 3.05) is 5.75 Å². The second kappa shape index (κ2) is 13.6. The van der Waals surface area contributed by atoms with Crippen LogP contribution in [-0.4, -0.2) is 80.8 Å². The Labute approximate surface area is 218 Å². The topological polar surface area (TPSA) is 230 Å². The molecule has 37 heavy (non-hydrogen) atoms. The van der Waals surface area contributed by atoms with Gasteiger partial charge in [-0.15, -0.1) is 0 Å². The number of hydrogen-bond donors (Lipinski definition) is 9. The van der Waals surface area contributed by atoms with E-state index in [9.17, 15) is 34.2 Å². The predicted molar refractivity (Wildman–Crippen MR) is 137 cm³/mol. The Balaban J connectivity index is 2.23. The minimum Gasteiger partial charge on any atom is -0.480 e. The highest BCUT2D eigenvalue weighted by Crippen LogP contribution is 2.19. The number of aliphatic hydroxyl groups excluding tert-OH is 1. The lowest BCUT2D eigenvalue weighted by molar-refractivity contribution is -0.145. The van der Waals surface area contributed by atoms with E-state index in [4.69, 9.17) is 11.5 Å². The number of H-pyrrole nitrogens is 1. The van der Waals surface area contributed by atoms with Crippen molar-refractivity contribution in [2.45, 2.75) is 56.5 Å². The van der Waals surface area contributed by atoms with Crippen LogP contribution in [0.3, 0.4) is 0 Å².